The monoisotopic (exact) mass is 416 g/mol. The Bertz CT molecular complexity index is 1050. The van der Waals surface area contributed by atoms with Gasteiger partial charge in [-0.1, -0.05) is 53.6 Å². The van der Waals surface area contributed by atoms with Gasteiger partial charge in [0.1, 0.15) is 5.69 Å². The number of aromatic amines is 1. The summed E-state index contributed by atoms with van der Waals surface area (Å²) in [6.07, 6.45) is 2.17. The van der Waals surface area contributed by atoms with E-state index in [1.54, 1.807) is 22.1 Å². The predicted octanol–water partition coefficient (Wildman–Crippen LogP) is 3.47. The van der Waals surface area contributed by atoms with Crippen molar-refractivity contribution in [3.63, 3.8) is 0 Å². The molecule has 4 rings (SSSR count). The van der Waals surface area contributed by atoms with Gasteiger partial charge < -0.3 is 9.80 Å². The normalized spacial score (nSPS) is 17.0. The summed E-state index contributed by atoms with van der Waals surface area (Å²) in [6, 6.07) is 16.6. The van der Waals surface area contributed by atoms with E-state index in [0.29, 0.717) is 31.7 Å². The van der Waals surface area contributed by atoms with E-state index in [9.17, 15) is 9.59 Å². The zero-order chi connectivity index (χ0) is 22.0. The zero-order valence-corrected chi connectivity index (χ0v) is 18.3. The number of hydrogen-bond donors (Lipinski definition) is 1. The number of carbonyl (C=O) groups excluding carboxylic acids is 2. The van der Waals surface area contributed by atoms with Crippen molar-refractivity contribution in [2.45, 2.75) is 20.3 Å². The summed E-state index contributed by atoms with van der Waals surface area (Å²) < 4.78 is 0. The Kier molecular flexibility index (Phi) is 5.89. The highest BCUT2D eigenvalue weighted by Crippen LogP contribution is 2.24. The third kappa shape index (κ3) is 4.68. The molecule has 0 spiro atoms. The van der Waals surface area contributed by atoms with Gasteiger partial charge in [-0.2, -0.15) is 5.10 Å². The Hall–Kier alpha value is -3.41. The zero-order valence-electron chi connectivity index (χ0n) is 18.3. The highest BCUT2D eigenvalue weighted by atomic mass is 16.2. The smallest absolute Gasteiger partial charge is 0.271 e. The van der Waals surface area contributed by atoms with Gasteiger partial charge >= 0.3 is 0 Å². The van der Waals surface area contributed by atoms with Crippen molar-refractivity contribution in [2.75, 3.05) is 26.7 Å². The molecule has 1 aliphatic rings. The Morgan fingerprint density at radius 1 is 1.03 bits per heavy atom. The largest absolute Gasteiger partial charge is 0.344 e. The minimum Gasteiger partial charge on any atom is -0.344 e. The highest BCUT2D eigenvalue weighted by Gasteiger charge is 2.31. The molecule has 160 valence electrons. The van der Waals surface area contributed by atoms with Gasteiger partial charge in [0.05, 0.1) is 5.92 Å². The van der Waals surface area contributed by atoms with Crippen LogP contribution in [0.25, 0.3) is 11.1 Å². The molecule has 1 fully saturated rings. The van der Waals surface area contributed by atoms with Crippen molar-refractivity contribution in [2.24, 2.45) is 5.92 Å². The number of rotatable bonds is 4. The molecule has 2 amide bonds. The summed E-state index contributed by atoms with van der Waals surface area (Å²) >= 11 is 0. The lowest BCUT2D eigenvalue weighted by atomic mass is 9.95. The van der Waals surface area contributed by atoms with Crippen LogP contribution in [0.15, 0.2) is 54.7 Å². The maximum atomic E-state index is 12.9. The Morgan fingerprint density at radius 3 is 2.39 bits per heavy atom. The molecule has 1 aromatic heterocycles. The van der Waals surface area contributed by atoms with Crippen molar-refractivity contribution in [1.82, 2.24) is 20.0 Å². The first-order valence-electron chi connectivity index (χ1n) is 10.6. The fraction of sp³-hybridized carbons (Fsp3) is 0.320. The number of likely N-dealkylation sites (N-methyl/N-ethyl adjacent to an activating group) is 1. The minimum atomic E-state index is -0.272. The molecule has 1 N–H and O–H groups in total. The number of amides is 2. The summed E-state index contributed by atoms with van der Waals surface area (Å²) in [5.74, 6) is -0.305. The maximum absolute atomic E-state index is 12.9. The lowest BCUT2D eigenvalue weighted by Gasteiger charge is -2.23. The minimum absolute atomic E-state index is 0.0818. The molecule has 31 heavy (non-hydrogen) atoms. The Labute approximate surface area is 182 Å². The molecule has 1 saturated heterocycles. The van der Waals surface area contributed by atoms with E-state index in [-0.39, 0.29) is 17.7 Å². The lowest BCUT2D eigenvalue weighted by Crippen LogP contribution is -2.37. The van der Waals surface area contributed by atoms with Gasteiger partial charge in [0, 0.05) is 32.9 Å². The van der Waals surface area contributed by atoms with Gasteiger partial charge in [-0.25, -0.2) is 0 Å². The van der Waals surface area contributed by atoms with Gasteiger partial charge in [-0.05, 0) is 43.0 Å². The fourth-order valence-corrected chi connectivity index (χ4v) is 4.27. The standard InChI is InChI=1S/C25H28N4O2/c1-17-12-18(2)14-21(13-17)20-6-4-19(5-7-20)15-22-16-29(11-10-28(3)24(22)30)25(31)23-8-9-26-27-23/h4-9,12-14,22H,10-11,15-16H2,1-3H3,(H,26,27)/t22-/m1/s1. The van der Waals surface area contributed by atoms with E-state index in [0.717, 1.165) is 11.1 Å². The van der Waals surface area contributed by atoms with Crippen LogP contribution >= 0.6 is 0 Å². The second kappa shape index (κ2) is 8.76. The van der Waals surface area contributed by atoms with Gasteiger partial charge in [-0.15, -0.1) is 0 Å². The van der Waals surface area contributed by atoms with E-state index in [2.05, 4.69) is 66.5 Å². The molecule has 2 heterocycles. The van der Waals surface area contributed by atoms with E-state index in [1.165, 1.54) is 16.7 Å². The van der Waals surface area contributed by atoms with Gasteiger partial charge in [0.2, 0.25) is 5.91 Å². The maximum Gasteiger partial charge on any atom is 0.271 e. The summed E-state index contributed by atoms with van der Waals surface area (Å²) in [6.45, 7) is 5.66. The molecule has 6 nitrogen and oxygen atoms in total. The molecule has 0 bridgehead atoms. The summed E-state index contributed by atoms with van der Waals surface area (Å²) in [5.41, 5.74) is 6.40. The van der Waals surface area contributed by atoms with E-state index >= 15 is 0 Å². The van der Waals surface area contributed by atoms with Gasteiger partial charge in [0.25, 0.3) is 5.91 Å². The van der Waals surface area contributed by atoms with Gasteiger partial charge in [-0.3, -0.25) is 14.7 Å². The molecule has 6 heteroatoms. The number of benzene rings is 2. The Balaban J connectivity index is 1.52. The SMILES string of the molecule is Cc1cc(C)cc(-c2ccc(C[C@@H]3CN(C(=O)c4ccn[nH]4)CCN(C)C3=O)cc2)c1. The van der Waals surface area contributed by atoms with Gasteiger partial charge in [0.15, 0.2) is 0 Å². The van der Waals surface area contributed by atoms with Crippen molar-refractivity contribution in [3.8, 4) is 11.1 Å². The number of H-pyrrole nitrogens is 1. The molecule has 3 aromatic rings. The van der Waals surface area contributed by atoms with Crippen LogP contribution in [0.3, 0.4) is 0 Å². The predicted molar refractivity (Wildman–Crippen MR) is 121 cm³/mol. The van der Waals surface area contributed by atoms with Crippen LogP contribution in [0.2, 0.25) is 0 Å². The second-order valence-electron chi connectivity index (χ2n) is 8.46. The second-order valence-corrected chi connectivity index (χ2v) is 8.46. The molecular formula is C25H28N4O2. The van der Waals surface area contributed by atoms with Crippen LogP contribution in [0.4, 0.5) is 0 Å². The topological polar surface area (TPSA) is 69.3 Å². The molecular weight excluding hydrogens is 388 g/mol. The van der Waals surface area contributed by atoms with Crippen LogP contribution in [-0.2, 0) is 11.2 Å². The number of hydrogen-bond acceptors (Lipinski definition) is 3. The third-order valence-corrected chi connectivity index (χ3v) is 5.88. The fourth-order valence-electron chi connectivity index (χ4n) is 4.27. The molecule has 2 aromatic carbocycles. The number of carbonyl (C=O) groups is 2. The average molecular weight is 417 g/mol. The molecule has 1 aliphatic heterocycles. The molecule has 0 saturated carbocycles. The van der Waals surface area contributed by atoms with Crippen LogP contribution in [0, 0.1) is 19.8 Å². The first-order chi connectivity index (χ1) is 14.9. The first-order valence-corrected chi connectivity index (χ1v) is 10.6. The summed E-state index contributed by atoms with van der Waals surface area (Å²) in [5, 5.41) is 6.60. The van der Waals surface area contributed by atoms with E-state index in [1.807, 2.05) is 7.05 Å². The van der Waals surface area contributed by atoms with Crippen LogP contribution in [0.5, 0.6) is 0 Å². The van der Waals surface area contributed by atoms with Crippen LogP contribution in [-0.4, -0.2) is 58.5 Å². The molecule has 1 atom stereocenters. The average Bonchev–Trinajstić information content (AvgIpc) is 3.25. The van der Waals surface area contributed by atoms with E-state index in [4.69, 9.17) is 0 Å². The third-order valence-electron chi connectivity index (χ3n) is 5.88. The quantitative estimate of drug-likeness (QED) is 0.708. The lowest BCUT2D eigenvalue weighted by molar-refractivity contribution is -0.133. The van der Waals surface area contributed by atoms with Crippen molar-refractivity contribution in [3.05, 3.63) is 77.1 Å². The summed E-state index contributed by atoms with van der Waals surface area (Å²) in [7, 11) is 1.81. The van der Waals surface area contributed by atoms with Crippen molar-refractivity contribution in [1.29, 1.82) is 0 Å². The van der Waals surface area contributed by atoms with E-state index < -0.39 is 0 Å². The van der Waals surface area contributed by atoms with Crippen LogP contribution < -0.4 is 0 Å². The number of aromatic nitrogens is 2. The molecule has 0 aliphatic carbocycles. The van der Waals surface area contributed by atoms with Crippen molar-refractivity contribution >= 4 is 11.8 Å². The number of aryl methyl sites for hydroxylation is 2. The van der Waals surface area contributed by atoms with Crippen LogP contribution in [0.1, 0.15) is 27.2 Å². The van der Waals surface area contributed by atoms with Crippen molar-refractivity contribution < 1.29 is 9.59 Å². The number of nitrogens with zero attached hydrogens (tertiary/aromatic N) is 3. The summed E-state index contributed by atoms with van der Waals surface area (Å²) in [4.78, 5) is 29.2. The molecule has 0 radical (unpaired) electrons. The highest BCUT2D eigenvalue weighted by molar-refractivity contribution is 5.93. The number of nitrogens with one attached hydrogen (secondary N) is 1. The Morgan fingerprint density at radius 2 is 1.74 bits per heavy atom. The first kappa shape index (κ1) is 20.8. The molecule has 0 unspecified atom stereocenters.